The molecule has 254 valence electrons. The maximum Gasteiger partial charge on any atom is 0.119 e. The van der Waals surface area contributed by atoms with Gasteiger partial charge in [-0.1, -0.05) is 60.7 Å². The minimum absolute atomic E-state index is 0.00583. The van der Waals surface area contributed by atoms with Gasteiger partial charge in [0.1, 0.15) is 12.4 Å². The molecular formula is C40H56N4O3. The van der Waals surface area contributed by atoms with E-state index in [4.69, 9.17) is 10.5 Å². The molecule has 47 heavy (non-hydrogen) atoms. The number of β-amino-alcohol motifs (C(OH)–C–C–N with tert-alkyl or cyclic N) is 2. The Kier molecular flexibility index (Phi) is 10.7. The molecule has 9 unspecified atom stereocenters. The van der Waals surface area contributed by atoms with Crippen molar-refractivity contribution in [3.63, 3.8) is 0 Å². The Morgan fingerprint density at radius 3 is 1.40 bits per heavy atom. The summed E-state index contributed by atoms with van der Waals surface area (Å²) in [6.45, 7) is 15.2. The summed E-state index contributed by atoms with van der Waals surface area (Å²) in [7, 11) is 0. The van der Waals surface area contributed by atoms with Crippen LogP contribution in [0.1, 0.15) is 68.4 Å². The van der Waals surface area contributed by atoms with E-state index < -0.39 is 0 Å². The minimum Gasteiger partial charge on any atom is -0.492 e. The van der Waals surface area contributed by atoms with Crippen LogP contribution in [0.4, 0.5) is 0 Å². The maximum absolute atomic E-state index is 10.5. The molecule has 7 nitrogen and oxygen atoms in total. The molecule has 0 saturated carbocycles. The third kappa shape index (κ3) is 9.02. The van der Waals surface area contributed by atoms with E-state index in [2.05, 4.69) is 115 Å². The van der Waals surface area contributed by atoms with Gasteiger partial charge in [-0.15, -0.1) is 0 Å². The van der Waals surface area contributed by atoms with Crippen LogP contribution >= 0.6 is 0 Å². The Morgan fingerprint density at radius 2 is 1.02 bits per heavy atom. The fraction of sp³-hybridized carbons (Fsp3) is 0.550. The average molecular weight is 641 g/mol. The van der Waals surface area contributed by atoms with E-state index in [1.807, 2.05) is 0 Å². The zero-order valence-electron chi connectivity index (χ0n) is 28.9. The summed E-state index contributed by atoms with van der Waals surface area (Å²) >= 11 is 0. The van der Waals surface area contributed by atoms with E-state index in [1.165, 1.54) is 27.8 Å². The van der Waals surface area contributed by atoms with E-state index in [1.54, 1.807) is 0 Å². The molecule has 7 heteroatoms. The van der Waals surface area contributed by atoms with Gasteiger partial charge in [-0.2, -0.15) is 0 Å². The maximum atomic E-state index is 10.5. The number of ether oxygens (including phenoxy) is 1. The molecule has 0 radical (unpaired) electrons. The van der Waals surface area contributed by atoms with Crippen molar-refractivity contribution in [3.8, 4) is 5.75 Å². The second-order valence-corrected chi connectivity index (χ2v) is 14.9. The van der Waals surface area contributed by atoms with Gasteiger partial charge in [0.15, 0.2) is 0 Å². The Labute approximate surface area is 282 Å². The smallest absolute Gasteiger partial charge is 0.119 e. The first-order valence-electron chi connectivity index (χ1n) is 17.8. The third-order valence-corrected chi connectivity index (χ3v) is 10.8. The molecule has 3 aromatic rings. The third-order valence-electron chi connectivity index (χ3n) is 10.8. The summed E-state index contributed by atoms with van der Waals surface area (Å²) in [5.74, 6) is 0.835. The molecule has 9 atom stereocenters. The van der Waals surface area contributed by atoms with Crippen LogP contribution in [0.15, 0.2) is 72.8 Å². The van der Waals surface area contributed by atoms with Crippen molar-refractivity contribution in [2.75, 3.05) is 45.9 Å². The Bertz CT molecular complexity index is 1260. The highest BCUT2D eigenvalue weighted by atomic mass is 16.5. The first-order valence-corrected chi connectivity index (χ1v) is 17.8. The zero-order valence-corrected chi connectivity index (χ0v) is 28.9. The van der Waals surface area contributed by atoms with E-state index >= 15 is 0 Å². The minimum atomic E-state index is -0.384. The van der Waals surface area contributed by atoms with Crippen molar-refractivity contribution < 1.29 is 14.9 Å². The van der Waals surface area contributed by atoms with Crippen LogP contribution in [0.2, 0.25) is 0 Å². The van der Waals surface area contributed by atoms with Crippen molar-refractivity contribution in [2.45, 2.75) is 95.2 Å². The van der Waals surface area contributed by atoms with Crippen LogP contribution in [0.3, 0.4) is 0 Å². The molecule has 3 heterocycles. The highest BCUT2D eigenvalue weighted by Gasteiger charge is 2.33. The number of benzene rings is 3. The lowest BCUT2D eigenvalue weighted by Crippen LogP contribution is -2.35. The van der Waals surface area contributed by atoms with Crippen molar-refractivity contribution in [3.05, 3.63) is 101 Å². The highest BCUT2D eigenvalue weighted by molar-refractivity contribution is 5.51. The summed E-state index contributed by atoms with van der Waals surface area (Å²) in [4.78, 5) is 7.00. The Balaban J connectivity index is 1.15. The van der Waals surface area contributed by atoms with Crippen molar-refractivity contribution >= 4 is 0 Å². The number of rotatable bonds is 18. The van der Waals surface area contributed by atoms with Gasteiger partial charge in [-0.25, -0.2) is 0 Å². The number of hydrogen-bond acceptors (Lipinski definition) is 7. The van der Waals surface area contributed by atoms with E-state index in [0.717, 1.165) is 70.7 Å². The van der Waals surface area contributed by atoms with Gasteiger partial charge in [0.05, 0.1) is 18.2 Å². The van der Waals surface area contributed by atoms with E-state index in [9.17, 15) is 10.2 Å². The number of nitrogens with two attached hydrogens (primary N) is 1. The predicted molar refractivity (Wildman–Crippen MR) is 190 cm³/mol. The van der Waals surface area contributed by atoms with Crippen molar-refractivity contribution in [1.82, 2.24) is 14.7 Å². The number of aliphatic hydroxyl groups is 2. The van der Waals surface area contributed by atoms with Crippen LogP contribution in [0.25, 0.3) is 0 Å². The quantitative estimate of drug-likeness (QED) is 0.140. The van der Waals surface area contributed by atoms with Gasteiger partial charge in [-0.3, -0.25) is 14.7 Å². The van der Waals surface area contributed by atoms with Gasteiger partial charge in [0, 0.05) is 62.8 Å². The molecule has 3 fully saturated rings. The van der Waals surface area contributed by atoms with Gasteiger partial charge in [0.2, 0.25) is 0 Å². The zero-order chi connectivity index (χ0) is 33.1. The standard InChI is InChI=1S/C40H56N4O3/c1-28-21-42(28)24-36(41)27-47-39-19-15-35(16-20-39)40(4,33-11-5-31(6-12-33)9-17-37(45)25-43-22-29(43)2)34-13-7-32(8-14-34)10-18-38(46)26-44-23-30(44)3/h5-8,11-16,19-20,28-30,36-38,45-46H,9-10,17-18,21-27,41H2,1-4H3. The fourth-order valence-corrected chi connectivity index (χ4v) is 6.98. The van der Waals surface area contributed by atoms with Crippen LogP contribution < -0.4 is 10.5 Å². The number of hydrogen-bond donors (Lipinski definition) is 3. The topological polar surface area (TPSA) is 84.7 Å². The lowest BCUT2D eigenvalue weighted by atomic mass is 9.70. The molecule has 3 aliphatic rings. The SMILES string of the molecule is CC1CN1CC(N)COc1ccc(C(C)(c2ccc(CCC(O)CN3CC3C)cc2)c2ccc(CCC(O)CN3CC3C)cc2)cc1. The van der Waals surface area contributed by atoms with Gasteiger partial charge in [0.25, 0.3) is 0 Å². The second-order valence-electron chi connectivity index (χ2n) is 14.9. The summed E-state index contributed by atoms with van der Waals surface area (Å²) in [6, 6.07) is 28.3. The largest absolute Gasteiger partial charge is 0.492 e. The first-order chi connectivity index (χ1) is 22.6. The van der Waals surface area contributed by atoms with Gasteiger partial charge in [-0.05, 0) is 93.3 Å². The Hall–Kier alpha value is -2.78. The van der Waals surface area contributed by atoms with E-state index in [0.29, 0.717) is 24.7 Å². The fourth-order valence-electron chi connectivity index (χ4n) is 6.98. The van der Waals surface area contributed by atoms with E-state index in [-0.39, 0.29) is 23.7 Å². The second kappa shape index (κ2) is 14.8. The van der Waals surface area contributed by atoms with Crippen molar-refractivity contribution in [2.24, 2.45) is 5.73 Å². The molecule has 3 saturated heterocycles. The predicted octanol–water partition coefficient (Wildman–Crippen LogP) is 4.45. The molecule has 0 aromatic heterocycles. The van der Waals surface area contributed by atoms with Gasteiger partial charge >= 0.3 is 0 Å². The monoisotopic (exact) mass is 640 g/mol. The first kappa shape index (κ1) is 34.1. The van der Waals surface area contributed by atoms with Crippen LogP contribution in [0, 0.1) is 0 Å². The molecule has 6 rings (SSSR count). The molecule has 0 aliphatic carbocycles. The normalized spacial score (nSPS) is 27.8. The molecule has 0 amide bonds. The van der Waals surface area contributed by atoms with Crippen LogP contribution in [-0.2, 0) is 18.3 Å². The van der Waals surface area contributed by atoms with Crippen LogP contribution in [0.5, 0.6) is 5.75 Å². The molecule has 4 N–H and O–H groups in total. The van der Waals surface area contributed by atoms with Crippen LogP contribution in [-0.4, -0.2) is 107 Å². The molecule has 3 aromatic carbocycles. The summed E-state index contributed by atoms with van der Waals surface area (Å²) in [6.07, 6.45) is 2.70. The summed E-state index contributed by atoms with van der Waals surface area (Å²) in [5.41, 5.74) is 12.1. The van der Waals surface area contributed by atoms with Gasteiger partial charge < -0.3 is 20.7 Å². The summed E-state index contributed by atoms with van der Waals surface area (Å²) in [5, 5.41) is 21.1. The molecule has 0 bridgehead atoms. The number of nitrogens with zero attached hydrogens (tertiary/aromatic N) is 3. The number of aliphatic hydroxyl groups excluding tert-OH is 2. The number of aryl methyl sites for hydroxylation is 2. The highest BCUT2D eigenvalue weighted by Crippen LogP contribution is 2.40. The Morgan fingerprint density at radius 1 is 0.660 bits per heavy atom. The molecular weight excluding hydrogens is 584 g/mol. The molecule has 3 aliphatic heterocycles. The van der Waals surface area contributed by atoms with Crippen molar-refractivity contribution in [1.29, 1.82) is 0 Å². The summed E-state index contributed by atoms with van der Waals surface area (Å²) < 4.78 is 6.10. The lowest BCUT2D eigenvalue weighted by Gasteiger charge is -2.32. The lowest BCUT2D eigenvalue weighted by molar-refractivity contribution is 0.142. The average Bonchev–Trinajstić information content (AvgIpc) is 4.04. The molecule has 0 spiro atoms.